The van der Waals surface area contributed by atoms with Gasteiger partial charge in [-0.2, -0.15) is 5.10 Å². The minimum Gasteiger partial charge on any atom is -0.462 e. The summed E-state index contributed by atoms with van der Waals surface area (Å²) in [5.41, 5.74) is 7.70. The molecule has 1 heterocycles. The first-order valence-electron chi connectivity index (χ1n) is 5.76. The topological polar surface area (TPSA) is 70.1 Å². The van der Waals surface area contributed by atoms with Crippen LogP contribution in [-0.2, 0) is 18.2 Å². The number of hydrogen-bond donors (Lipinski definition) is 1. The summed E-state index contributed by atoms with van der Waals surface area (Å²) in [6.45, 7) is 0.311. The molecule has 0 aliphatic carbocycles. The highest BCUT2D eigenvalue weighted by atomic mass is 79.9. The van der Waals surface area contributed by atoms with Crippen molar-refractivity contribution in [3.8, 4) is 0 Å². The quantitative estimate of drug-likeness (QED) is 0.691. The van der Waals surface area contributed by atoms with Crippen LogP contribution >= 0.6 is 15.9 Å². The van der Waals surface area contributed by atoms with Gasteiger partial charge in [0.05, 0.1) is 22.8 Å². The third-order valence-electron chi connectivity index (χ3n) is 2.63. The maximum atomic E-state index is 11.9. The maximum Gasteiger partial charge on any atom is 0.339 e. The summed E-state index contributed by atoms with van der Waals surface area (Å²) in [6.07, 6.45) is 4.29. The number of halogens is 1. The molecule has 2 rings (SSSR count). The smallest absolute Gasteiger partial charge is 0.339 e. The van der Waals surface area contributed by atoms with Crippen LogP contribution in [0.4, 0.5) is 5.69 Å². The molecular formula is C13H14BrN3O2. The first kappa shape index (κ1) is 13.6. The standard InChI is InChI=1S/C13H14BrN3O2/c1-17-8-9(7-16-17)5-6-19-13(18)10-3-2-4-11(15)12(10)14/h2-4,7-8H,5-6,15H2,1H3. The van der Waals surface area contributed by atoms with Crippen LogP contribution in [0.2, 0.25) is 0 Å². The molecule has 0 bridgehead atoms. The molecule has 0 fully saturated rings. The van der Waals surface area contributed by atoms with E-state index in [2.05, 4.69) is 21.0 Å². The zero-order valence-electron chi connectivity index (χ0n) is 10.5. The molecule has 1 aromatic heterocycles. The zero-order chi connectivity index (χ0) is 13.8. The molecule has 100 valence electrons. The number of rotatable bonds is 4. The number of hydrogen-bond acceptors (Lipinski definition) is 4. The number of carbonyl (C=O) groups is 1. The summed E-state index contributed by atoms with van der Waals surface area (Å²) >= 11 is 3.28. The van der Waals surface area contributed by atoms with Gasteiger partial charge in [-0.15, -0.1) is 0 Å². The van der Waals surface area contributed by atoms with E-state index in [1.807, 2.05) is 13.2 Å². The summed E-state index contributed by atoms with van der Waals surface area (Å²) in [6, 6.07) is 5.11. The summed E-state index contributed by atoms with van der Waals surface area (Å²) in [5.74, 6) is -0.386. The van der Waals surface area contributed by atoms with Gasteiger partial charge in [-0.1, -0.05) is 6.07 Å². The van der Waals surface area contributed by atoms with Crippen molar-refractivity contribution in [3.05, 3.63) is 46.2 Å². The Hall–Kier alpha value is -1.82. The Balaban J connectivity index is 1.93. The lowest BCUT2D eigenvalue weighted by molar-refractivity contribution is 0.0508. The highest BCUT2D eigenvalue weighted by Gasteiger charge is 2.13. The van der Waals surface area contributed by atoms with Crippen molar-refractivity contribution >= 4 is 27.6 Å². The van der Waals surface area contributed by atoms with Crippen molar-refractivity contribution in [2.75, 3.05) is 12.3 Å². The Morgan fingerprint density at radius 2 is 2.32 bits per heavy atom. The molecule has 0 spiro atoms. The Bertz CT molecular complexity index is 595. The number of nitrogens with zero attached hydrogens (tertiary/aromatic N) is 2. The molecule has 5 nitrogen and oxygen atoms in total. The lowest BCUT2D eigenvalue weighted by Crippen LogP contribution is -2.09. The number of carbonyl (C=O) groups excluding carboxylic acids is 1. The number of nitrogen functional groups attached to an aromatic ring is 1. The van der Waals surface area contributed by atoms with E-state index in [1.54, 1.807) is 29.1 Å². The fourth-order valence-electron chi connectivity index (χ4n) is 1.65. The van der Waals surface area contributed by atoms with E-state index in [0.29, 0.717) is 28.8 Å². The van der Waals surface area contributed by atoms with E-state index in [1.165, 1.54) is 0 Å². The molecule has 2 N–H and O–H groups in total. The van der Waals surface area contributed by atoms with Crippen LogP contribution in [0, 0.1) is 0 Å². The highest BCUT2D eigenvalue weighted by molar-refractivity contribution is 9.10. The highest BCUT2D eigenvalue weighted by Crippen LogP contribution is 2.24. The number of esters is 1. The van der Waals surface area contributed by atoms with Crippen molar-refractivity contribution in [1.82, 2.24) is 9.78 Å². The second-order valence-corrected chi connectivity index (χ2v) is 4.91. The minimum atomic E-state index is -0.386. The van der Waals surface area contributed by atoms with E-state index in [0.717, 1.165) is 5.56 Å². The van der Waals surface area contributed by atoms with Gasteiger partial charge >= 0.3 is 5.97 Å². The molecule has 0 saturated carbocycles. The monoisotopic (exact) mass is 323 g/mol. The van der Waals surface area contributed by atoms with Crippen LogP contribution in [0.25, 0.3) is 0 Å². The summed E-state index contributed by atoms with van der Waals surface area (Å²) < 4.78 is 7.50. The van der Waals surface area contributed by atoms with Crippen LogP contribution in [0.3, 0.4) is 0 Å². The van der Waals surface area contributed by atoms with Gasteiger partial charge in [0.1, 0.15) is 0 Å². The maximum absolute atomic E-state index is 11.9. The van der Waals surface area contributed by atoms with E-state index in [9.17, 15) is 4.79 Å². The average Bonchev–Trinajstić information content (AvgIpc) is 2.78. The number of aryl methyl sites for hydroxylation is 1. The molecule has 0 saturated heterocycles. The minimum absolute atomic E-state index is 0.311. The number of anilines is 1. The number of nitrogens with two attached hydrogens (primary N) is 1. The number of aromatic nitrogens is 2. The first-order valence-corrected chi connectivity index (χ1v) is 6.56. The van der Waals surface area contributed by atoms with Crippen molar-refractivity contribution in [1.29, 1.82) is 0 Å². The molecule has 0 atom stereocenters. The average molecular weight is 324 g/mol. The Morgan fingerprint density at radius 3 is 3.00 bits per heavy atom. The SMILES string of the molecule is Cn1cc(CCOC(=O)c2cccc(N)c2Br)cn1. The molecule has 0 aliphatic rings. The molecule has 0 radical (unpaired) electrons. The zero-order valence-corrected chi connectivity index (χ0v) is 12.1. The third-order valence-corrected chi connectivity index (χ3v) is 3.52. The summed E-state index contributed by atoms with van der Waals surface area (Å²) in [4.78, 5) is 11.9. The second kappa shape index (κ2) is 5.88. The van der Waals surface area contributed by atoms with Crippen LogP contribution in [-0.4, -0.2) is 22.4 Å². The lowest BCUT2D eigenvalue weighted by atomic mass is 10.2. The van der Waals surface area contributed by atoms with Gasteiger partial charge in [-0.3, -0.25) is 4.68 Å². The predicted octanol–water partition coefficient (Wildman–Crippen LogP) is 2.16. The third kappa shape index (κ3) is 3.35. The Kier molecular flexibility index (Phi) is 4.21. The van der Waals surface area contributed by atoms with Gasteiger partial charge in [0.25, 0.3) is 0 Å². The molecule has 0 amide bonds. The Labute approximate surface area is 119 Å². The van der Waals surface area contributed by atoms with Crippen molar-refractivity contribution in [2.24, 2.45) is 7.05 Å². The van der Waals surface area contributed by atoms with Crippen LogP contribution < -0.4 is 5.73 Å². The van der Waals surface area contributed by atoms with Gasteiger partial charge in [0.15, 0.2) is 0 Å². The second-order valence-electron chi connectivity index (χ2n) is 4.12. The van der Waals surface area contributed by atoms with Gasteiger partial charge in [-0.25, -0.2) is 4.79 Å². The molecule has 2 aromatic rings. The molecular weight excluding hydrogens is 310 g/mol. The predicted molar refractivity (Wildman–Crippen MR) is 75.7 cm³/mol. The largest absolute Gasteiger partial charge is 0.462 e. The van der Waals surface area contributed by atoms with Gasteiger partial charge in [0, 0.05) is 25.4 Å². The van der Waals surface area contributed by atoms with Gasteiger partial charge in [0.2, 0.25) is 0 Å². The first-order chi connectivity index (χ1) is 9.08. The van der Waals surface area contributed by atoms with Crippen molar-refractivity contribution in [2.45, 2.75) is 6.42 Å². The van der Waals surface area contributed by atoms with Crippen LogP contribution in [0.15, 0.2) is 35.1 Å². The number of benzene rings is 1. The lowest BCUT2D eigenvalue weighted by Gasteiger charge is -2.07. The van der Waals surface area contributed by atoms with Crippen LogP contribution in [0.5, 0.6) is 0 Å². The van der Waals surface area contributed by atoms with E-state index >= 15 is 0 Å². The Morgan fingerprint density at radius 1 is 1.53 bits per heavy atom. The van der Waals surface area contributed by atoms with E-state index in [4.69, 9.17) is 10.5 Å². The summed E-state index contributed by atoms with van der Waals surface area (Å²) in [5, 5.41) is 4.05. The number of ether oxygens (including phenoxy) is 1. The molecule has 0 aliphatic heterocycles. The van der Waals surface area contributed by atoms with Crippen LogP contribution in [0.1, 0.15) is 15.9 Å². The molecule has 1 aromatic carbocycles. The normalized spacial score (nSPS) is 10.4. The van der Waals surface area contributed by atoms with Crippen molar-refractivity contribution in [3.63, 3.8) is 0 Å². The summed E-state index contributed by atoms with van der Waals surface area (Å²) in [7, 11) is 1.85. The van der Waals surface area contributed by atoms with Crippen molar-refractivity contribution < 1.29 is 9.53 Å². The van der Waals surface area contributed by atoms with E-state index in [-0.39, 0.29) is 5.97 Å². The molecule has 6 heteroatoms. The fraction of sp³-hybridized carbons (Fsp3) is 0.231. The molecule has 19 heavy (non-hydrogen) atoms. The van der Waals surface area contributed by atoms with E-state index < -0.39 is 0 Å². The van der Waals surface area contributed by atoms with Gasteiger partial charge < -0.3 is 10.5 Å². The van der Waals surface area contributed by atoms with Gasteiger partial charge in [-0.05, 0) is 33.6 Å². The fourth-order valence-corrected chi connectivity index (χ4v) is 2.07. The molecule has 0 unspecified atom stereocenters.